The van der Waals surface area contributed by atoms with Crippen molar-refractivity contribution in [2.45, 2.75) is 19.3 Å². The molecule has 0 bridgehead atoms. The van der Waals surface area contributed by atoms with Gasteiger partial charge in [-0.25, -0.2) is 0 Å². The highest BCUT2D eigenvalue weighted by Crippen LogP contribution is 2.54. The van der Waals surface area contributed by atoms with E-state index in [4.69, 9.17) is 4.42 Å². The van der Waals surface area contributed by atoms with Crippen molar-refractivity contribution in [2.75, 3.05) is 4.90 Å². The zero-order chi connectivity index (χ0) is 31.5. The monoisotopic (exact) mass is 603 g/mol. The van der Waals surface area contributed by atoms with E-state index in [1.807, 2.05) is 6.07 Å². The third-order valence-electron chi connectivity index (χ3n) is 9.89. The minimum absolute atomic E-state index is 0.187. The Morgan fingerprint density at radius 1 is 0.447 bits per heavy atom. The fraction of sp³-hybridized carbons (Fsp3) is 0.0667. The number of nitrogens with zero attached hydrogens (tertiary/aromatic N) is 1. The van der Waals surface area contributed by atoms with E-state index in [0.29, 0.717) is 0 Å². The Labute approximate surface area is 275 Å². The first-order valence-corrected chi connectivity index (χ1v) is 16.3. The molecule has 7 aromatic carbocycles. The first-order valence-electron chi connectivity index (χ1n) is 16.3. The molecular weight excluding hydrogens is 571 g/mol. The lowest BCUT2D eigenvalue weighted by Crippen LogP contribution is -2.16. The molecule has 0 amide bonds. The van der Waals surface area contributed by atoms with Gasteiger partial charge in [-0.2, -0.15) is 0 Å². The van der Waals surface area contributed by atoms with Gasteiger partial charge in [-0.05, 0) is 81.4 Å². The molecule has 0 N–H and O–H groups in total. The van der Waals surface area contributed by atoms with E-state index in [1.54, 1.807) is 0 Å². The molecule has 0 saturated carbocycles. The minimum Gasteiger partial charge on any atom is -0.455 e. The van der Waals surface area contributed by atoms with Crippen molar-refractivity contribution < 1.29 is 4.42 Å². The lowest BCUT2D eigenvalue weighted by Gasteiger charge is -2.28. The van der Waals surface area contributed by atoms with Gasteiger partial charge in [0.15, 0.2) is 0 Å². The molecule has 9 rings (SSSR count). The topological polar surface area (TPSA) is 16.4 Å². The van der Waals surface area contributed by atoms with Crippen molar-refractivity contribution in [3.63, 3.8) is 0 Å². The lowest BCUT2D eigenvalue weighted by molar-refractivity contribution is 0.653. The van der Waals surface area contributed by atoms with Gasteiger partial charge in [-0.1, -0.05) is 135 Å². The van der Waals surface area contributed by atoms with Crippen LogP contribution in [0.4, 0.5) is 17.1 Å². The summed E-state index contributed by atoms with van der Waals surface area (Å²) in [4.78, 5) is 2.37. The van der Waals surface area contributed by atoms with Crippen LogP contribution in [0.2, 0.25) is 0 Å². The summed E-state index contributed by atoms with van der Waals surface area (Å²) in [7, 11) is 0. The van der Waals surface area contributed by atoms with Crippen molar-refractivity contribution in [1.29, 1.82) is 0 Å². The van der Waals surface area contributed by atoms with E-state index >= 15 is 0 Å². The highest BCUT2D eigenvalue weighted by Gasteiger charge is 2.38. The van der Waals surface area contributed by atoms with Crippen LogP contribution < -0.4 is 4.90 Å². The third kappa shape index (κ3) is 4.40. The third-order valence-corrected chi connectivity index (χ3v) is 9.89. The fourth-order valence-corrected chi connectivity index (χ4v) is 7.44. The van der Waals surface area contributed by atoms with Crippen molar-refractivity contribution >= 4 is 39.0 Å². The highest BCUT2D eigenvalue weighted by atomic mass is 16.3. The van der Waals surface area contributed by atoms with Crippen molar-refractivity contribution in [3.8, 4) is 33.4 Å². The normalized spacial score (nSPS) is 13.1. The molecule has 0 saturated heterocycles. The summed E-state index contributed by atoms with van der Waals surface area (Å²) in [5.41, 5.74) is 15.0. The molecule has 0 spiro atoms. The van der Waals surface area contributed by atoms with Gasteiger partial charge in [0.25, 0.3) is 0 Å². The van der Waals surface area contributed by atoms with E-state index < -0.39 is 0 Å². The molecule has 224 valence electrons. The van der Waals surface area contributed by atoms with Crippen LogP contribution in [-0.4, -0.2) is 0 Å². The predicted molar refractivity (Wildman–Crippen MR) is 197 cm³/mol. The molecule has 1 heterocycles. The Bertz CT molecular complexity index is 2320. The van der Waals surface area contributed by atoms with Gasteiger partial charge in [0.2, 0.25) is 0 Å². The van der Waals surface area contributed by atoms with Crippen molar-refractivity contribution in [2.24, 2.45) is 0 Å². The van der Waals surface area contributed by atoms with Gasteiger partial charge in [0.1, 0.15) is 11.2 Å². The van der Waals surface area contributed by atoms with Crippen LogP contribution in [0.3, 0.4) is 0 Å². The second kappa shape index (κ2) is 10.6. The lowest BCUT2D eigenvalue weighted by atomic mass is 9.82. The fourth-order valence-electron chi connectivity index (χ4n) is 7.44. The molecule has 0 unspecified atom stereocenters. The highest BCUT2D eigenvalue weighted by molar-refractivity contribution is 6.11. The van der Waals surface area contributed by atoms with Gasteiger partial charge < -0.3 is 9.32 Å². The summed E-state index contributed by atoms with van der Waals surface area (Å²) in [6, 6.07) is 58.8. The van der Waals surface area contributed by atoms with Crippen LogP contribution in [-0.2, 0) is 5.41 Å². The second-order valence-corrected chi connectivity index (χ2v) is 13.0. The predicted octanol–water partition coefficient (Wildman–Crippen LogP) is 12.7. The van der Waals surface area contributed by atoms with Gasteiger partial charge >= 0.3 is 0 Å². The summed E-state index contributed by atoms with van der Waals surface area (Å²) < 4.78 is 6.55. The van der Waals surface area contributed by atoms with Crippen LogP contribution in [0, 0.1) is 0 Å². The van der Waals surface area contributed by atoms with E-state index in [9.17, 15) is 0 Å². The zero-order valence-corrected chi connectivity index (χ0v) is 26.4. The molecule has 0 radical (unpaired) electrons. The van der Waals surface area contributed by atoms with E-state index in [0.717, 1.165) is 33.6 Å². The van der Waals surface area contributed by atoms with E-state index in [-0.39, 0.29) is 5.41 Å². The number of rotatable bonds is 5. The zero-order valence-electron chi connectivity index (χ0n) is 26.4. The first kappa shape index (κ1) is 27.5. The summed E-state index contributed by atoms with van der Waals surface area (Å²) in [6.07, 6.45) is 0. The molecule has 1 aliphatic rings. The molecule has 2 nitrogen and oxygen atoms in total. The largest absolute Gasteiger partial charge is 0.455 e. The number of hydrogen-bond donors (Lipinski definition) is 0. The van der Waals surface area contributed by atoms with E-state index in [1.165, 1.54) is 49.9 Å². The Hall–Kier alpha value is -5.86. The van der Waals surface area contributed by atoms with Crippen LogP contribution in [0.15, 0.2) is 168 Å². The maximum Gasteiger partial charge on any atom is 0.143 e. The van der Waals surface area contributed by atoms with E-state index in [2.05, 4.69) is 176 Å². The summed E-state index contributed by atoms with van der Waals surface area (Å²) in [6.45, 7) is 4.67. The molecule has 0 fully saturated rings. The van der Waals surface area contributed by atoms with Crippen molar-refractivity contribution in [1.82, 2.24) is 0 Å². The second-order valence-electron chi connectivity index (χ2n) is 13.0. The maximum absolute atomic E-state index is 6.55. The molecule has 1 aliphatic carbocycles. The standard InChI is InChI=1S/C45H33NO/c1-45(2)40-28-27-38-37-15-9-10-16-42(37)47-44(38)43(40)39-26-25-36(29-41(39)45)46(34-21-17-32(18-22-34)30-11-5-3-6-12-30)35-23-19-33(20-24-35)31-13-7-4-8-14-31/h3-29H,1-2H3. The molecule has 0 atom stereocenters. The van der Waals surface area contributed by atoms with Gasteiger partial charge in [0, 0.05) is 38.8 Å². The SMILES string of the molecule is CC1(C)c2cc(N(c3ccc(-c4ccccc4)cc3)c3ccc(-c4ccccc4)cc3)ccc2-c2c1ccc1c2oc2ccccc21. The minimum atomic E-state index is -0.187. The average Bonchev–Trinajstić information content (AvgIpc) is 3.62. The first-order chi connectivity index (χ1) is 23.1. The number of hydrogen-bond acceptors (Lipinski definition) is 2. The molecule has 0 aliphatic heterocycles. The van der Waals surface area contributed by atoms with Gasteiger partial charge in [-0.15, -0.1) is 0 Å². The van der Waals surface area contributed by atoms with Crippen LogP contribution in [0.1, 0.15) is 25.0 Å². The average molecular weight is 604 g/mol. The summed E-state index contributed by atoms with van der Waals surface area (Å²) in [5, 5.41) is 2.34. The number of furan rings is 1. The van der Waals surface area contributed by atoms with Crippen molar-refractivity contribution in [3.05, 3.63) is 175 Å². The summed E-state index contributed by atoms with van der Waals surface area (Å²) >= 11 is 0. The Morgan fingerprint density at radius 2 is 0.979 bits per heavy atom. The number of para-hydroxylation sites is 1. The van der Waals surface area contributed by atoms with Crippen LogP contribution in [0.25, 0.3) is 55.3 Å². The summed E-state index contributed by atoms with van der Waals surface area (Å²) in [5.74, 6) is 0. The molecular formula is C45H33NO. The van der Waals surface area contributed by atoms with Gasteiger partial charge in [-0.3, -0.25) is 0 Å². The number of fused-ring (bicyclic) bond motifs is 7. The maximum atomic E-state index is 6.55. The molecule has 8 aromatic rings. The quantitative estimate of drug-likeness (QED) is 0.195. The number of benzene rings is 7. The molecule has 1 aromatic heterocycles. The Balaban J connectivity index is 1.19. The Morgan fingerprint density at radius 3 is 1.60 bits per heavy atom. The van der Waals surface area contributed by atoms with Gasteiger partial charge in [0.05, 0.1) is 0 Å². The molecule has 2 heteroatoms. The molecule has 47 heavy (non-hydrogen) atoms. The number of anilines is 3. The van der Waals surface area contributed by atoms with Crippen LogP contribution in [0.5, 0.6) is 0 Å². The smallest absolute Gasteiger partial charge is 0.143 e. The van der Waals surface area contributed by atoms with Crippen LogP contribution >= 0.6 is 0 Å². The Kier molecular flexibility index (Phi) is 6.20.